The van der Waals surface area contributed by atoms with Gasteiger partial charge in [-0.2, -0.15) is 4.98 Å². The van der Waals surface area contributed by atoms with E-state index in [1.807, 2.05) is 0 Å². The summed E-state index contributed by atoms with van der Waals surface area (Å²) >= 11 is 0. The van der Waals surface area contributed by atoms with Crippen LogP contribution in [0.15, 0.2) is 4.52 Å². The summed E-state index contributed by atoms with van der Waals surface area (Å²) < 4.78 is 5.36. The van der Waals surface area contributed by atoms with Crippen LogP contribution in [0.1, 0.15) is 69.5 Å². The van der Waals surface area contributed by atoms with Crippen molar-refractivity contribution in [1.29, 1.82) is 0 Å². The fraction of sp³-hybridized carbons (Fsp3) is 0.833. The summed E-state index contributed by atoms with van der Waals surface area (Å²) in [4.78, 5) is 4.50. The Morgan fingerprint density at radius 1 is 1.44 bits per heavy atom. The Hall–Kier alpha value is -0.900. The molecule has 1 aromatic rings. The molecule has 2 N–H and O–H groups in total. The minimum absolute atomic E-state index is 0.194. The molecular formula is C12H21N3O. The molecule has 4 nitrogen and oxygen atoms in total. The van der Waals surface area contributed by atoms with Gasteiger partial charge in [-0.15, -0.1) is 0 Å². The third-order valence-corrected chi connectivity index (χ3v) is 3.65. The van der Waals surface area contributed by atoms with Gasteiger partial charge in [-0.3, -0.25) is 0 Å². The quantitative estimate of drug-likeness (QED) is 0.855. The van der Waals surface area contributed by atoms with Gasteiger partial charge in [0.25, 0.3) is 0 Å². The van der Waals surface area contributed by atoms with Crippen molar-refractivity contribution >= 4 is 0 Å². The van der Waals surface area contributed by atoms with Crippen LogP contribution in [0.5, 0.6) is 0 Å². The van der Waals surface area contributed by atoms with Crippen molar-refractivity contribution in [1.82, 2.24) is 10.1 Å². The SMILES string of the molecule is CCC(C)c1noc(C2CCCCC2N)n1. The Labute approximate surface area is 96.6 Å². The standard InChI is InChI=1S/C12H21N3O/c1-3-8(2)11-14-12(16-15-11)9-6-4-5-7-10(9)13/h8-10H,3-7,13H2,1-2H3. The molecule has 1 saturated carbocycles. The molecule has 0 saturated heterocycles. The third kappa shape index (κ3) is 2.26. The summed E-state index contributed by atoms with van der Waals surface area (Å²) in [6.45, 7) is 4.25. The molecule has 1 aliphatic carbocycles. The van der Waals surface area contributed by atoms with E-state index in [0.29, 0.717) is 5.92 Å². The zero-order chi connectivity index (χ0) is 11.5. The van der Waals surface area contributed by atoms with Gasteiger partial charge in [-0.1, -0.05) is 31.8 Å². The van der Waals surface area contributed by atoms with Crippen molar-refractivity contribution in [2.45, 2.75) is 63.8 Å². The van der Waals surface area contributed by atoms with E-state index >= 15 is 0 Å². The Balaban J connectivity index is 2.11. The van der Waals surface area contributed by atoms with E-state index in [4.69, 9.17) is 10.3 Å². The smallest absolute Gasteiger partial charge is 0.231 e. The van der Waals surface area contributed by atoms with Gasteiger partial charge in [-0.05, 0) is 19.3 Å². The van der Waals surface area contributed by atoms with Crippen LogP contribution in [0, 0.1) is 0 Å². The van der Waals surface area contributed by atoms with Crippen LogP contribution in [0.3, 0.4) is 0 Å². The monoisotopic (exact) mass is 223 g/mol. The van der Waals surface area contributed by atoms with Crippen molar-refractivity contribution in [3.8, 4) is 0 Å². The Bertz CT molecular complexity index is 337. The molecule has 1 aliphatic rings. The number of aromatic nitrogens is 2. The first-order chi connectivity index (χ1) is 7.72. The van der Waals surface area contributed by atoms with Gasteiger partial charge < -0.3 is 10.3 Å². The highest BCUT2D eigenvalue weighted by atomic mass is 16.5. The second-order valence-corrected chi connectivity index (χ2v) is 4.85. The minimum atomic E-state index is 0.194. The molecule has 0 aromatic carbocycles. The average molecular weight is 223 g/mol. The maximum absolute atomic E-state index is 6.10. The van der Waals surface area contributed by atoms with E-state index in [1.165, 1.54) is 12.8 Å². The minimum Gasteiger partial charge on any atom is -0.339 e. The molecule has 16 heavy (non-hydrogen) atoms. The van der Waals surface area contributed by atoms with Crippen LogP contribution in [0.4, 0.5) is 0 Å². The zero-order valence-corrected chi connectivity index (χ0v) is 10.1. The first-order valence-electron chi connectivity index (χ1n) is 6.31. The number of rotatable bonds is 3. The molecule has 0 radical (unpaired) electrons. The van der Waals surface area contributed by atoms with Crippen LogP contribution < -0.4 is 5.73 Å². The third-order valence-electron chi connectivity index (χ3n) is 3.65. The summed E-state index contributed by atoms with van der Waals surface area (Å²) in [6, 6.07) is 0.194. The van der Waals surface area contributed by atoms with E-state index < -0.39 is 0 Å². The van der Waals surface area contributed by atoms with Gasteiger partial charge in [0, 0.05) is 12.0 Å². The van der Waals surface area contributed by atoms with Crippen LogP contribution >= 0.6 is 0 Å². The fourth-order valence-corrected chi connectivity index (χ4v) is 2.25. The lowest BCUT2D eigenvalue weighted by Gasteiger charge is -2.25. The normalized spacial score (nSPS) is 27.9. The molecular weight excluding hydrogens is 202 g/mol. The second kappa shape index (κ2) is 4.95. The van der Waals surface area contributed by atoms with Gasteiger partial charge in [0.1, 0.15) is 0 Å². The van der Waals surface area contributed by atoms with Gasteiger partial charge in [0.2, 0.25) is 5.89 Å². The molecule has 0 bridgehead atoms. The molecule has 3 atom stereocenters. The molecule has 0 spiro atoms. The zero-order valence-electron chi connectivity index (χ0n) is 10.1. The topological polar surface area (TPSA) is 64.9 Å². The highest BCUT2D eigenvalue weighted by Crippen LogP contribution is 2.31. The van der Waals surface area contributed by atoms with Crippen molar-refractivity contribution in [3.63, 3.8) is 0 Å². The molecule has 2 rings (SSSR count). The predicted molar refractivity (Wildman–Crippen MR) is 62.2 cm³/mol. The van der Waals surface area contributed by atoms with Crippen LogP contribution in [-0.4, -0.2) is 16.2 Å². The second-order valence-electron chi connectivity index (χ2n) is 4.85. The van der Waals surface area contributed by atoms with Crippen molar-refractivity contribution in [2.75, 3.05) is 0 Å². The maximum atomic E-state index is 6.10. The van der Waals surface area contributed by atoms with Crippen LogP contribution in [0.2, 0.25) is 0 Å². The number of hydrogen-bond acceptors (Lipinski definition) is 4. The molecule has 1 aromatic heterocycles. The van der Waals surface area contributed by atoms with Crippen molar-refractivity contribution < 1.29 is 4.52 Å². The highest BCUT2D eigenvalue weighted by molar-refractivity contribution is 5.02. The molecule has 90 valence electrons. The van der Waals surface area contributed by atoms with Crippen LogP contribution in [-0.2, 0) is 0 Å². The fourth-order valence-electron chi connectivity index (χ4n) is 2.25. The predicted octanol–water partition coefficient (Wildman–Crippen LogP) is 2.57. The molecule has 4 heteroatoms. The van der Waals surface area contributed by atoms with Gasteiger partial charge in [0.05, 0.1) is 5.92 Å². The summed E-state index contributed by atoms with van der Waals surface area (Å²) in [6.07, 6.45) is 5.65. The summed E-state index contributed by atoms with van der Waals surface area (Å²) in [5, 5.41) is 4.05. The Kier molecular flexibility index (Phi) is 3.59. The lowest BCUT2D eigenvalue weighted by molar-refractivity contribution is 0.288. The number of hydrogen-bond donors (Lipinski definition) is 1. The van der Waals surface area contributed by atoms with Gasteiger partial charge >= 0.3 is 0 Å². The van der Waals surface area contributed by atoms with E-state index in [9.17, 15) is 0 Å². The van der Waals surface area contributed by atoms with Gasteiger partial charge in [0.15, 0.2) is 5.82 Å². The van der Waals surface area contributed by atoms with E-state index in [0.717, 1.165) is 31.0 Å². The number of nitrogens with two attached hydrogens (primary N) is 1. The van der Waals surface area contributed by atoms with Gasteiger partial charge in [-0.25, -0.2) is 0 Å². The summed E-state index contributed by atoms with van der Waals surface area (Å²) in [5.74, 6) is 2.23. The molecule has 1 heterocycles. The lowest BCUT2D eigenvalue weighted by atomic mass is 9.85. The van der Waals surface area contributed by atoms with E-state index in [2.05, 4.69) is 24.0 Å². The van der Waals surface area contributed by atoms with Crippen molar-refractivity contribution in [2.24, 2.45) is 5.73 Å². The average Bonchev–Trinajstić information content (AvgIpc) is 2.78. The Morgan fingerprint density at radius 3 is 2.88 bits per heavy atom. The van der Waals surface area contributed by atoms with E-state index in [1.54, 1.807) is 0 Å². The molecule has 0 aliphatic heterocycles. The Morgan fingerprint density at radius 2 is 2.19 bits per heavy atom. The highest BCUT2D eigenvalue weighted by Gasteiger charge is 2.28. The first kappa shape index (κ1) is 11.6. The summed E-state index contributed by atoms with van der Waals surface area (Å²) in [7, 11) is 0. The largest absolute Gasteiger partial charge is 0.339 e. The number of nitrogens with zero attached hydrogens (tertiary/aromatic N) is 2. The first-order valence-corrected chi connectivity index (χ1v) is 6.31. The van der Waals surface area contributed by atoms with Crippen molar-refractivity contribution in [3.05, 3.63) is 11.7 Å². The molecule has 3 unspecified atom stereocenters. The lowest BCUT2D eigenvalue weighted by Crippen LogP contribution is -2.31. The van der Waals surface area contributed by atoms with E-state index in [-0.39, 0.29) is 12.0 Å². The molecule has 1 fully saturated rings. The molecule has 0 amide bonds. The summed E-state index contributed by atoms with van der Waals surface area (Å²) in [5.41, 5.74) is 6.10. The van der Waals surface area contributed by atoms with Crippen LogP contribution in [0.25, 0.3) is 0 Å². The maximum Gasteiger partial charge on any atom is 0.231 e.